The van der Waals surface area contributed by atoms with Crippen LogP contribution in [0.2, 0.25) is 0 Å². The Hall–Kier alpha value is -1.17. The molecule has 2 amide bonds. The van der Waals surface area contributed by atoms with Crippen LogP contribution < -0.4 is 0 Å². The van der Waals surface area contributed by atoms with E-state index in [1.807, 2.05) is 0 Å². The molecule has 0 aromatic carbocycles. The Morgan fingerprint density at radius 1 is 1.54 bits per heavy atom. The number of hydrogen-bond donors (Lipinski definition) is 1. The molecule has 13 heavy (non-hydrogen) atoms. The Bertz CT molecular complexity index is 322. The van der Waals surface area contributed by atoms with E-state index in [2.05, 4.69) is 9.98 Å². The lowest BCUT2D eigenvalue weighted by molar-refractivity contribution is -0.137. The number of carbonyl (C=O) groups excluding carboxylic acids is 1. The Balaban J connectivity index is 3.05. The van der Waals surface area contributed by atoms with Crippen molar-refractivity contribution >= 4 is 34.5 Å². The van der Waals surface area contributed by atoms with Crippen LogP contribution in [0.15, 0.2) is 9.98 Å². The molecule has 70 valence electrons. The summed E-state index contributed by atoms with van der Waals surface area (Å²) in [5.74, 6) is -1.88. The molecule has 6 heteroatoms. The van der Waals surface area contributed by atoms with Gasteiger partial charge in [-0.05, 0) is 13.2 Å². The van der Waals surface area contributed by atoms with Crippen molar-refractivity contribution < 1.29 is 14.7 Å². The van der Waals surface area contributed by atoms with Gasteiger partial charge in [-0.25, -0.2) is 4.79 Å². The van der Waals surface area contributed by atoms with Gasteiger partial charge in [-0.2, -0.15) is 9.98 Å². The van der Waals surface area contributed by atoms with Gasteiger partial charge in [0.1, 0.15) is 5.92 Å². The standard InChI is InChI=1S/C7H8N2O3S/c1-3-4(6(10)11)5(13-2)9-7(12)8-3/h4H,1-2H3,(H,10,11). The number of thioether (sulfide) groups is 1. The number of carboxylic acids is 1. The molecule has 5 nitrogen and oxygen atoms in total. The van der Waals surface area contributed by atoms with Crippen molar-refractivity contribution in [2.75, 3.05) is 6.26 Å². The molecule has 1 atom stereocenters. The molecule has 1 N–H and O–H groups in total. The number of amides is 2. The van der Waals surface area contributed by atoms with Crippen LogP contribution in [0.3, 0.4) is 0 Å². The largest absolute Gasteiger partial charge is 0.480 e. The van der Waals surface area contributed by atoms with Gasteiger partial charge in [-0.1, -0.05) is 0 Å². The van der Waals surface area contributed by atoms with Crippen LogP contribution in [0.5, 0.6) is 0 Å². The van der Waals surface area contributed by atoms with Gasteiger partial charge in [0.25, 0.3) is 0 Å². The van der Waals surface area contributed by atoms with E-state index in [1.165, 1.54) is 6.92 Å². The van der Waals surface area contributed by atoms with Crippen molar-refractivity contribution in [3.8, 4) is 0 Å². The topological polar surface area (TPSA) is 79.1 Å². The number of aliphatic imine (C=N–C) groups is 2. The lowest BCUT2D eigenvalue weighted by Gasteiger charge is -2.15. The summed E-state index contributed by atoms with van der Waals surface area (Å²) in [5.41, 5.74) is 0.289. The second kappa shape index (κ2) is 3.69. The highest BCUT2D eigenvalue weighted by Crippen LogP contribution is 2.17. The van der Waals surface area contributed by atoms with E-state index in [-0.39, 0.29) is 5.71 Å². The average Bonchev–Trinajstić information content (AvgIpc) is 2.01. The second-order valence-electron chi connectivity index (χ2n) is 2.46. The molecule has 0 fully saturated rings. The first kappa shape index (κ1) is 9.91. The van der Waals surface area contributed by atoms with Crippen molar-refractivity contribution in [1.82, 2.24) is 0 Å². The van der Waals surface area contributed by atoms with Gasteiger partial charge in [-0.15, -0.1) is 11.8 Å². The SMILES string of the molecule is CSC1=NC(=O)N=C(C)C1C(=O)O. The molecule has 0 radical (unpaired) electrons. The fraction of sp³-hybridized carbons (Fsp3) is 0.429. The molecular weight excluding hydrogens is 192 g/mol. The van der Waals surface area contributed by atoms with E-state index in [0.29, 0.717) is 5.04 Å². The van der Waals surface area contributed by atoms with Gasteiger partial charge in [0.2, 0.25) is 0 Å². The molecular formula is C7H8N2O3S. The molecule has 1 aliphatic rings. The van der Waals surface area contributed by atoms with Crippen LogP contribution in [-0.2, 0) is 4.79 Å². The fourth-order valence-corrected chi connectivity index (χ4v) is 1.70. The minimum absolute atomic E-state index is 0.289. The molecule has 0 aromatic heterocycles. The van der Waals surface area contributed by atoms with Crippen LogP contribution in [0.25, 0.3) is 0 Å². The summed E-state index contributed by atoms with van der Waals surface area (Å²) in [6.07, 6.45) is 1.68. The summed E-state index contributed by atoms with van der Waals surface area (Å²) >= 11 is 1.16. The van der Waals surface area contributed by atoms with Gasteiger partial charge in [-0.3, -0.25) is 4.79 Å². The predicted octanol–water partition coefficient (Wildman–Crippen LogP) is 1.04. The first-order valence-electron chi connectivity index (χ1n) is 3.50. The van der Waals surface area contributed by atoms with E-state index in [1.54, 1.807) is 6.26 Å². The van der Waals surface area contributed by atoms with E-state index < -0.39 is 17.9 Å². The molecule has 0 saturated carbocycles. The Morgan fingerprint density at radius 3 is 2.62 bits per heavy atom. The van der Waals surface area contributed by atoms with Gasteiger partial charge in [0.15, 0.2) is 0 Å². The van der Waals surface area contributed by atoms with E-state index >= 15 is 0 Å². The highest BCUT2D eigenvalue weighted by molar-refractivity contribution is 8.13. The fourth-order valence-electron chi connectivity index (χ4n) is 1.03. The number of carbonyl (C=O) groups is 2. The Morgan fingerprint density at radius 2 is 2.15 bits per heavy atom. The smallest absolute Gasteiger partial charge is 0.367 e. The number of hydrogen-bond acceptors (Lipinski definition) is 3. The quantitative estimate of drug-likeness (QED) is 0.686. The monoisotopic (exact) mass is 200 g/mol. The van der Waals surface area contributed by atoms with Crippen molar-refractivity contribution in [1.29, 1.82) is 0 Å². The first-order valence-corrected chi connectivity index (χ1v) is 4.73. The minimum atomic E-state index is -1.03. The average molecular weight is 200 g/mol. The summed E-state index contributed by atoms with van der Waals surface area (Å²) in [7, 11) is 0. The van der Waals surface area contributed by atoms with Gasteiger partial charge >= 0.3 is 12.0 Å². The summed E-state index contributed by atoms with van der Waals surface area (Å²) in [6, 6.07) is -0.626. The molecule has 0 saturated heterocycles. The van der Waals surface area contributed by atoms with Crippen LogP contribution in [0, 0.1) is 5.92 Å². The van der Waals surface area contributed by atoms with Gasteiger partial charge in [0.05, 0.1) is 5.04 Å². The summed E-state index contributed by atoms with van der Waals surface area (Å²) in [5, 5.41) is 9.11. The number of carboxylic acid groups (broad SMARTS) is 1. The number of aliphatic carboxylic acids is 1. The summed E-state index contributed by atoms with van der Waals surface area (Å²) in [6.45, 7) is 1.52. The summed E-state index contributed by atoms with van der Waals surface area (Å²) < 4.78 is 0. The third-order valence-electron chi connectivity index (χ3n) is 1.60. The minimum Gasteiger partial charge on any atom is -0.480 e. The number of urea groups is 1. The molecule has 1 rings (SSSR count). The predicted molar refractivity (Wildman–Crippen MR) is 50.6 cm³/mol. The van der Waals surface area contributed by atoms with Crippen molar-refractivity contribution in [2.45, 2.75) is 6.92 Å². The maximum Gasteiger partial charge on any atom is 0.367 e. The molecule has 0 spiro atoms. The normalized spacial score (nSPS) is 22.3. The molecule has 0 aliphatic carbocycles. The van der Waals surface area contributed by atoms with Crippen molar-refractivity contribution in [3.63, 3.8) is 0 Å². The maximum atomic E-state index is 10.8. The Labute approximate surface area is 79.0 Å². The van der Waals surface area contributed by atoms with Crippen molar-refractivity contribution in [2.24, 2.45) is 15.9 Å². The van der Waals surface area contributed by atoms with Gasteiger partial charge in [0, 0.05) is 5.71 Å². The Kier molecular flexibility index (Phi) is 2.82. The lowest BCUT2D eigenvalue weighted by atomic mass is 10.1. The first-order chi connectivity index (χ1) is 6.06. The zero-order chi connectivity index (χ0) is 10.0. The van der Waals surface area contributed by atoms with Crippen LogP contribution >= 0.6 is 11.8 Å². The van der Waals surface area contributed by atoms with E-state index in [9.17, 15) is 9.59 Å². The zero-order valence-corrected chi connectivity index (χ0v) is 7.96. The number of rotatable bonds is 1. The molecule has 1 unspecified atom stereocenters. The third-order valence-corrected chi connectivity index (χ3v) is 2.34. The second-order valence-corrected chi connectivity index (χ2v) is 3.29. The van der Waals surface area contributed by atoms with Crippen LogP contribution in [0.4, 0.5) is 4.79 Å². The van der Waals surface area contributed by atoms with Crippen LogP contribution in [0.1, 0.15) is 6.92 Å². The third kappa shape index (κ3) is 1.95. The highest BCUT2D eigenvalue weighted by atomic mass is 32.2. The highest BCUT2D eigenvalue weighted by Gasteiger charge is 2.30. The molecule has 0 aromatic rings. The van der Waals surface area contributed by atoms with Gasteiger partial charge < -0.3 is 5.11 Å². The van der Waals surface area contributed by atoms with E-state index in [0.717, 1.165) is 11.8 Å². The number of nitrogens with zero attached hydrogens (tertiary/aromatic N) is 2. The molecule has 1 aliphatic heterocycles. The lowest BCUT2D eigenvalue weighted by Crippen LogP contribution is -2.32. The van der Waals surface area contributed by atoms with Crippen LogP contribution in [-0.4, -0.2) is 34.1 Å². The summed E-state index contributed by atoms with van der Waals surface area (Å²) in [4.78, 5) is 28.6. The van der Waals surface area contributed by atoms with Crippen molar-refractivity contribution in [3.05, 3.63) is 0 Å². The molecule has 1 heterocycles. The maximum absolute atomic E-state index is 10.8. The van der Waals surface area contributed by atoms with E-state index in [4.69, 9.17) is 5.11 Å². The molecule has 0 bridgehead atoms. The zero-order valence-electron chi connectivity index (χ0n) is 7.14.